The highest BCUT2D eigenvalue weighted by atomic mass is 16.4. The van der Waals surface area contributed by atoms with Gasteiger partial charge in [-0.15, -0.1) is 0 Å². The monoisotopic (exact) mass is 276 g/mol. The molecule has 0 radical (unpaired) electrons. The highest BCUT2D eigenvalue weighted by Crippen LogP contribution is 2.13. The molecule has 1 fully saturated rings. The van der Waals surface area contributed by atoms with Crippen molar-refractivity contribution in [1.82, 2.24) is 9.80 Å². The van der Waals surface area contributed by atoms with E-state index in [2.05, 4.69) is 0 Å². The molecule has 1 heterocycles. The fourth-order valence-electron chi connectivity index (χ4n) is 2.18. The van der Waals surface area contributed by atoms with E-state index in [0.717, 1.165) is 10.5 Å². The second-order valence-corrected chi connectivity index (χ2v) is 4.81. The van der Waals surface area contributed by atoms with Crippen LogP contribution in [0.5, 0.6) is 0 Å². The Morgan fingerprint density at radius 1 is 1.30 bits per heavy atom. The predicted octanol–water partition coefficient (Wildman–Crippen LogP) is -0.0171. The van der Waals surface area contributed by atoms with Crippen LogP contribution in [0.4, 0.5) is 0 Å². The molecule has 1 aliphatic rings. The number of nitrogens with zero attached hydrogens (tertiary/aromatic N) is 2. The van der Waals surface area contributed by atoms with Crippen LogP contribution in [0, 0.1) is 0 Å². The molecule has 6 heteroatoms. The molecule has 0 bridgehead atoms. The molecule has 1 unspecified atom stereocenters. The molecular formula is C14H16N2O4. The highest BCUT2D eigenvalue weighted by Gasteiger charge is 2.37. The molecule has 106 valence electrons. The molecule has 2 rings (SSSR count). The second kappa shape index (κ2) is 5.73. The number of carbonyl (C=O) groups excluding carboxylic acids is 2. The smallest absolute Gasteiger partial charge is 0.328 e. The summed E-state index contributed by atoms with van der Waals surface area (Å²) in [5.41, 5.74) is 0.799. The van der Waals surface area contributed by atoms with Gasteiger partial charge in [-0.1, -0.05) is 30.3 Å². The van der Waals surface area contributed by atoms with Crippen LogP contribution in [0.15, 0.2) is 30.3 Å². The molecule has 1 aromatic rings. The van der Waals surface area contributed by atoms with Crippen molar-refractivity contribution in [1.29, 1.82) is 0 Å². The van der Waals surface area contributed by atoms with E-state index in [1.807, 2.05) is 18.2 Å². The fraction of sp³-hybridized carbons (Fsp3) is 0.357. The van der Waals surface area contributed by atoms with E-state index in [9.17, 15) is 19.5 Å². The Bertz CT molecular complexity index is 529. The van der Waals surface area contributed by atoms with E-state index in [4.69, 9.17) is 0 Å². The number of piperazine rings is 1. The second-order valence-electron chi connectivity index (χ2n) is 4.81. The van der Waals surface area contributed by atoms with Gasteiger partial charge in [-0.2, -0.15) is 0 Å². The molecule has 0 saturated carbocycles. The largest absolute Gasteiger partial charge is 0.480 e. The Balaban J connectivity index is 2.13. The first-order valence-electron chi connectivity index (χ1n) is 6.29. The zero-order valence-electron chi connectivity index (χ0n) is 11.2. The maximum Gasteiger partial charge on any atom is 0.328 e. The number of hydrogen-bond donors (Lipinski definition) is 1. The van der Waals surface area contributed by atoms with Gasteiger partial charge < -0.3 is 14.9 Å². The van der Waals surface area contributed by atoms with Gasteiger partial charge in [-0.25, -0.2) is 4.79 Å². The summed E-state index contributed by atoms with van der Waals surface area (Å²) >= 11 is 0. The lowest BCUT2D eigenvalue weighted by molar-refractivity contribution is -0.158. The summed E-state index contributed by atoms with van der Waals surface area (Å²) in [5.74, 6) is -1.68. The third-order valence-corrected chi connectivity index (χ3v) is 3.36. The maximum atomic E-state index is 12.2. The quantitative estimate of drug-likeness (QED) is 0.842. The molecule has 1 aromatic carbocycles. The van der Waals surface area contributed by atoms with E-state index in [-0.39, 0.29) is 31.3 Å². The Morgan fingerprint density at radius 3 is 2.55 bits per heavy atom. The van der Waals surface area contributed by atoms with E-state index in [1.54, 1.807) is 12.1 Å². The molecule has 0 spiro atoms. The van der Waals surface area contributed by atoms with Crippen molar-refractivity contribution >= 4 is 17.8 Å². The van der Waals surface area contributed by atoms with Gasteiger partial charge in [0.1, 0.15) is 12.6 Å². The average Bonchev–Trinajstić information content (AvgIpc) is 2.42. The third-order valence-electron chi connectivity index (χ3n) is 3.36. The van der Waals surface area contributed by atoms with Crippen molar-refractivity contribution in [2.75, 3.05) is 20.1 Å². The van der Waals surface area contributed by atoms with Gasteiger partial charge in [-0.3, -0.25) is 9.59 Å². The number of carboxylic acids is 1. The fourth-order valence-corrected chi connectivity index (χ4v) is 2.18. The molecule has 20 heavy (non-hydrogen) atoms. The molecule has 2 amide bonds. The Hall–Kier alpha value is -2.37. The number of amides is 2. The lowest BCUT2D eigenvalue weighted by Crippen LogP contribution is -2.59. The van der Waals surface area contributed by atoms with E-state index >= 15 is 0 Å². The minimum absolute atomic E-state index is 0.0225. The van der Waals surface area contributed by atoms with Crippen molar-refractivity contribution in [2.24, 2.45) is 0 Å². The lowest BCUT2D eigenvalue weighted by atomic mass is 10.1. The molecule has 1 atom stereocenters. The molecule has 6 nitrogen and oxygen atoms in total. The van der Waals surface area contributed by atoms with Crippen molar-refractivity contribution in [2.45, 2.75) is 12.5 Å². The van der Waals surface area contributed by atoms with Gasteiger partial charge >= 0.3 is 5.97 Å². The number of hydrogen-bond acceptors (Lipinski definition) is 3. The number of rotatable bonds is 3. The molecule has 1 saturated heterocycles. The number of benzene rings is 1. The first kappa shape index (κ1) is 14.0. The topological polar surface area (TPSA) is 77.9 Å². The maximum absolute atomic E-state index is 12.2. The minimum Gasteiger partial charge on any atom is -0.480 e. The van der Waals surface area contributed by atoms with Gasteiger partial charge in [0.25, 0.3) is 0 Å². The van der Waals surface area contributed by atoms with Crippen LogP contribution in [0.3, 0.4) is 0 Å². The number of carboxylic acid groups (broad SMARTS) is 1. The normalized spacial score (nSPS) is 19.1. The lowest BCUT2D eigenvalue weighted by Gasteiger charge is -2.37. The first-order valence-corrected chi connectivity index (χ1v) is 6.29. The summed E-state index contributed by atoms with van der Waals surface area (Å²) in [4.78, 5) is 37.6. The van der Waals surface area contributed by atoms with Crippen molar-refractivity contribution in [3.63, 3.8) is 0 Å². The van der Waals surface area contributed by atoms with Crippen molar-refractivity contribution in [3.05, 3.63) is 35.9 Å². The van der Waals surface area contributed by atoms with Gasteiger partial charge in [0.05, 0.1) is 13.0 Å². The average molecular weight is 276 g/mol. The van der Waals surface area contributed by atoms with Crippen LogP contribution in [0.25, 0.3) is 0 Å². The third kappa shape index (κ3) is 2.96. The van der Waals surface area contributed by atoms with Crippen LogP contribution in [-0.2, 0) is 20.8 Å². The molecular weight excluding hydrogens is 260 g/mol. The van der Waals surface area contributed by atoms with E-state index in [1.165, 1.54) is 11.9 Å². The summed E-state index contributed by atoms with van der Waals surface area (Å²) in [7, 11) is 1.54. The zero-order valence-corrected chi connectivity index (χ0v) is 11.2. The van der Waals surface area contributed by atoms with Crippen LogP contribution >= 0.6 is 0 Å². The Kier molecular flexibility index (Phi) is 4.02. The van der Waals surface area contributed by atoms with Crippen LogP contribution in [-0.4, -0.2) is 58.9 Å². The van der Waals surface area contributed by atoms with E-state index in [0.29, 0.717) is 0 Å². The number of likely N-dealkylation sites (N-methyl/N-ethyl adjacent to an activating group) is 1. The summed E-state index contributed by atoms with van der Waals surface area (Å²) in [5, 5.41) is 9.20. The van der Waals surface area contributed by atoms with Gasteiger partial charge in [-0.05, 0) is 5.56 Å². The summed E-state index contributed by atoms with van der Waals surface area (Å²) in [6.07, 6.45) is 0.0988. The summed E-state index contributed by atoms with van der Waals surface area (Å²) < 4.78 is 0. The van der Waals surface area contributed by atoms with Crippen LogP contribution in [0.1, 0.15) is 5.56 Å². The Morgan fingerprint density at radius 2 is 1.95 bits per heavy atom. The molecule has 0 aromatic heterocycles. The molecule has 0 aliphatic carbocycles. The zero-order chi connectivity index (χ0) is 14.7. The number of aliphatic carboxylic acids is 1. The van der Waals surface area contributed by atoms with Crippen LogP contribution < -0.4 is 0 Å². The van der Waals surface area contributed by atoms with Crippen molar-refractivity contribution in [3.8, 4) is 0 Å². The van der Waals surface area contributed by atoms with Gasteiger partial charge in [0.15, 0.2) is 0 Å². The van der Waals surface area contributed by atoms with Crippen molar-refractivity contribution < 1.29 is 19.5 Å². The predicted molar refractivity (Wildman–Crippen MR) is 70.9 cm³/mol. The number of carbonyl (C=O) groups is 3. The Labute approximate surface area is 116 Å². The van der Waals surface area contributed by atoms with Gasteiger partial charge in [0.2, 0.25) is 11.8 Å². The minimum atomic E-state index is -1.09. The first-order chi connectivity index (χ1) is 9.49. The standard InChI is InChI=1S/C14H16N2O4/c1-15-8-11(14(19)20)16(9-13(15)18)12(17)7-10-5-3-2-4-6-10/h2-6,11H,7-9H2,1H3,(H,19,20). The molecule has 1 N–H and O–H groups in total. The molecule has 1 aliphatic heterocycles. The SMILES string of the molecule is CN1CC(C(=O)O)N(C(=O)Cc2ccccc2)CC1=O. The van der Waals surface area contributed by atoms with E-state index < -0.39 is 12.0 Å². The summed E-state index contributed by atoms with van der Waals surface area (Å²) in [6.45, 7) is -0.159. The highest BCUT2D eigenvalue weighted by molar-refractivity contribution is 5.91. The van der Waals surface area contributed by atoms with Crippen LogP contribution in [0.2, 0.25) is 0 Å². The summed E-state index contributed by atoms with van der Waals surface area (Å²) in [6, 6.07) is 8.08. The van der Waals surface area contributed by atoms with Gasteiger partial charge in [0, 0.05) is 7.05 Å².